The molecule has 0 unspecified atom stereocenters. The van der Waals surface area contributed by atoms with Gasteiger partial charge in [-0.05, 0) is 25.0 Å². The number of nitrogens with one attached hydrogen (secondary N) is 2. The lowest BCUT2D eigenvalue weighted by Gasteiger charge is -2.13. The molecular weight excluding hydrogens is 400 g/mol. The van der Waals surface area contributed by atoms with E-state index in [4.69, 9.17) is 21.1 Å². The number of methoxy groups -OCH3 is 2. The summed E-state index contributed by atoms with van der Waals surface area (Å²) in [5, 5.41) is 3.16. The van der Waals surface area contributed by atoms with Gasteiger partial charge in [-0.3, -0.25) is 19.1 Å². The molecule has 0 radical (unpaired) electrons. The number of pyridine rings is 1. The second-order valence-electron chi connectivity index (χ2n) is 6.60. The molecule has 0 atom stereocenters. The maximum absolute atomic E-state index is 12.7. The molecule has 1 fully saturated rings. The van der Waals surface area contributed by atoms with Crippen molar-refractivity contribution in [3.8, 4) is 11.5 Å². The van der Waals surface area contributed by atoms with Gasteiger partial charge in [0, 0.05) is 18.3 Å². The molecule has 2 heterocycles. The Morgan fingerprint density at radius 3 is 2.59 bits per heavy atom. The lowest BCUT2D eigenvalue weighted by atomic mass is 10.2. The second-order valence-corrected chi connectivity index (χ2v) is 7.00. The number of halogens is 1. The number of rotatable bonds is 5. The third-order valence-corrected chi connectivity index (χ3v) is 4.97. The third kappa shape index (κ3) is 3.44. The third-order valence-electron chi connectivity index (χ3n) is 4.68. The Hall–Kier alpha value is -3.33. The number of amides is 1. The Kier molecular flexibility index (Phi) is 4.75. The van der Waals surface area contributed by atoms with Crippen LogP contribution in [0.5, 0.6) is 11.5 Å². The number of aromatic nitrogens is 3. The van der Waals surface area contributed by atoms with Crippen LogP contribution < -0.4 is 26.0 Å². The van der Waals surface area contributed by atoms with Gasteiger partial charge in [0.05, 0.1) is 35.9 Å². The molecule has 2 aromatic heterocycles. The predicted octanol–water partition coefficient (Wildman–Crippen LogP) is 2.34. The molecule has 1 aliphatic rings. The van der Waals surface area contributed by atoms with Crippen LogP contribution in [0, 0.1) is 0 Å². The van der Waals surface area contributed by atoms with Crippen molar-refractivity contribution < 1.29 is 14.3 Å². The highest BCUT2D eigenvalue weighted by atomic mass is 35.5. The first-order valence-electron chi connectivity index (χ1n) is 8.80. The number of carbonyl (C=O) groups excluding carboxylic acids is 1. The summed E-state index contributed by atoms with van der Waals surface area (Å²) in [6, 6.07) is 4.49. The minimum absolute atomic E-state index is 0.0275. The Labute approximate surface area is 169 Å². The SMILES string of the molecule is COc1cc(OC)c(NC(=O)c2cnc3c(c2)c(=O)[nH]c(=O)n3C2CC2)cc1Cl. The van der Waals surface area contributed by atoms with Crippen LogP contribution in [-0.2, 0) is 0 Å². The first kappa shape index (κ1) is 19.0. The maximum atomic E-state index is 12.7. The maximum Gasteiger partial charge on any atom is 0.330 e. The topological polar surface area (TPSA) is 115 Å². The number of carbonyl (C=O) groups is 1. The van der Waals surface area contributed by atoms with Crippen molar-refractivity contribution in [3.63, 3.8) is 0 Å². The predicted molar refractivity (Wildman–Crippen MR) is 107 cm³/mol. The minimum atomic E-state index is -0.589. The van der Waals surface area contributed by atoms with Crippen LogP contribution in [-0.4, -0.2) is 34.7 Å². The molecule has 1 amide bonds. The van der Waals surface area contributed by atoms with Gasteiger partial charge in [0.1, 0.15) is 17.1 Å². The first-order valence-corrected chi connectivity index (χ1v) is 9.18. The van der Waals surface area contributed by atoms with E-state index in [1.807, 2.05) is 0 Å². The van der Waals surface area contributed by atoms with Gasteiger partial charge >= 0.3 is 5.69 Å². The number of benzene rings is 1. The number of H-pyrrole nitrogens is 1. The lowest BCUT2D eigenvalue weighted by Crippen LogP contribution is -2.30. The number of anilines is 1. The normalized spacial score (nSPS) is 13.3. The molecule has 10 heteroatoms. The Balaban J connectivity index is 1.72. The summed E-state index contributed by atoms with van der Waals surface area (Å²) in [4.78, 5) is 43.6. The smallest absolute Gasteiger partial charge is 0.330 e. The van der Waals surface area contributed by atoms with E-state index in [1.54, 1.807) is 6.07 Å². The highest BCUT2D eigenvalue weighted by molar-refractivity contribution is 6.32. The first-order chi connectivity index (χ1) is 13.9. The van der Waals surface area contributed by atoms with Crippen LogP contribution in [0.4, 0.5) is 5.69 Å². The van der Waals surface area contributed by atoms with Crippen LogP contribution >= 0.6 is 11.6 Å². The molecule has 9 nitrogen and oxygen atoms in total. The molecule has 1 aromatic carbocycles. The molecule has 2 N–H and O–H groups in total. The largest absolute Gasteiger partial charge is 0.495 e. The number of hydrogen-bond acceptors (Lipinski definition) is 6. The lowest BCUT2D eigenvalue weighted by molar-refractivity contribution is 0.102. The summed E-state index contributed by atoms with van der Waals surface area (Å²) < 4.78 is 11.9. The Bertz CT molecular complexity index is 1250. The summed E-state index contributed by atoms with van der Waals surface area (Å²) in [5.41, 5.74) is -0.331. The zero-order valence-corrected chi connectivity index (χ0v) is 16.4. The summed E-state index contributed by atoms with van der Waals surface area (Å²) in [6.07, 6.45) is 3.03. The molecule has 0 saturated heterocycles. The Morgan fingerprint density at radius 1 is 1.21 bits per heavy atom. The minimum Gasteiger partial charge on any atom is -0.495 e. The molecule has 1 aliphatic carbocycles. The quantitative estimate of drug-likeness (QED) is 0.659. The number of ether oxygens (including phenoxy) is 2. The highest BCUT2D eigenvalue weighted by Crippen LogP contribution is 2.36. The van der Waals surface area contributed by atoms with E-state index < -0.39 is 17.2 Å². The van der Waals surface area contributed by atoms with Crippen LogP contribution in [0.15, 0.2) is 34.0 Å². The summed E-state index contributed by atoms with van der Waals surface area (Å²) in [7, 11) is 2.92. The highest BCUT2D eigenvalue weighted by Gasteiger charge is 2.28. The van der Waals surface area contributed by atoms with Gasteiger partial charge in [-0.2, -0.15) is 0 Å². The summed E-state index contributed by atoms with van der Waals surface area (Å²) in [5.74, 6) is 0.245. The molecule has 150 valence electrons. The van der Waals surface area contributed by atoms with Crippen LogP contribution in [0.25, 0.3) is 11.0 Å². The fourth-order valence-electron chi connectivity index (χ4n) is 3.09. The Morgan fingerprint density at radius 2 is 1.93 bits per heavy atom. The summed E-state index contributed by atoms with van der Waals surface area (Å²) in [6.45, 7) is 0. The van der Waals surface area contributed by atoms with Crippen molar-refractivity contribution in [2.75, 3.05) is 19.5 Å². The van der Waals surface area contributed by atoms with Crippen molar-refractivity contribution in [2.24, 2.45) is 0 Å². The fourth-order valence-corrected chi connectivity index (χ4v) is 3.33. The molecule has 29 heavy (non-hydrogen) atoms. The van der Waals surface area contributed by atoms with E-state index in [1.165, 1.54) is 37.1 Å². The molecule has 0 aliphatic heterocycles. The van der Waals surface area contributed by atoms with E-state index in [0.29, 0.717) is 22.2 Å². The average molecular weight is 417 g/mol. The zero-order valence-electron chi connectivity index (χ0n) is 15.6. The average Bonchev–Trinajstić information content (AvgIpc) is 3.53. The molecule has 0 spiro atoms. The number of aromatic amines is 1. The van der Waals surface area contributed by atoms with Crippen molar-refractivity contribution >= 4 is 34.2 Å². The van der Waals surface area contributed by atoms with Gasteiger partial charge in [-0.1, -0.05) is 11.6 Å². The van der Waals surface area contributed by atoms with Gasteiger partial charge < -0.3 is 14.8 Å². The number of hydrogen-bond donors (Lipinski definition) is 2. The van der Waals surface area contributed by atoms with Crippen molar-refractivity contribution in [1.29, 1.82) is 0 Å². The van der Waals surface area contributed by atoms with Gasteiger partial charge in [0.2, 0.25) is 0 Å². The van der Waals surface area contributed by atoms with E-state index in [2.05, 4.69) is 15.3 Å². The monoisotopic (exact) mass is 416 g/mol. The van der Waals surface area contributed by atoms with Crippen molar-refractivity contribution in [1.82, 2.24) is 14.5 Å². The van der Waals surface area contributed by atoms with Crippen LogP contribution in [0.3, 0.4) is 0 Å². The van der Waals surface area contributed by atoms with Gasteiger partial charge in [-0.15, -0.1) is 0 Å². The van der Waals surface area contributed by atoms with E-state index in [9.17, 15) is 14.4 Å². The molecular formula is C19H17ClN4O5. The molecule has 3 aromatic rings. The van der Waals surface area contributed by atoms with Crippen LogP contribution in [0.2, 0.25) is 5.02 Å². The van der Waals surface area contributed by atoms with Crippen molar-refractivity contribution in [3.05, 3.63) is 55.8 Å². The van der Waals surface area contributed by atoms with Crippen LogP contribution in [0.1, 0.15) is 29.2 Å². The fraction of sp³-hybridized carbons (Fsp3) is 0.263. The molecule has 4 rings (SSSR count). The second kappa shape index (κ2) is 7.25. The standard InChI is InChI=1S/C19H17ClN4O5/c1-28-14-7-15(29-2)13(6-12(14)20)22-17(25)9-5-11-16(21-8-9)24(10-3-4-10)19(27)23-18(11)26/h5-8,10H,3-4H2,1-2H3,(H,22,25)(H,23,26,27). The molecule has 1 saturated carbocycles. The van der Waals surface area contributed by atoms with E-state index in [-0.39, 0.29) is 22.6 Å². The zero-order chi connectivity index (χ0) is 20.7. The van der Waals surface area contributed by atoms with Crippen molar-refractivity contribution in [2.45, 2.75) is 18.9 Å². The van der Waals surface area contributed by atoms with Gasteiger partial charge in [0.25, 0.3) is 11.5 Å². The summed E-state index contributed by atoms with van der Waals surface area (Å²) >= 11 is 6.13. The number of fused-ring (bicyclic) bond motifs is 1. The van der Waals surface area contributed by atoms with E-state index >= 15 is 0 Å². The van der Waals surface area contributed by atoms with E-state index in [0.717, 1.165) is 12.8 Å². The number of nitrogens with zero attached hydrogens (tertiary/aromatic N) is 2. The van der Waals surface area contributed by atoms with Gasteiger partial charge in [0.15, 0.2) is 0 Å². The van der Waals surface area contributed by atoms with Gasteiger partial charge in [-0.25, -0.2) is 9.78 Å². The molecule has 0 bridgehead atoms.